The molecule has 0 spiro atoms. The van der Waals surface area contributed by atoms with E-state index in [-0.39, 0.29) is 18.0 Å². The number of aromatic nitrogens is 1. The number of hydrogen-bond donors (Lipinski definition) is 1. The summed E-state index contributed by atoms with van der Waals surface area (Å²) in [7, 11) is 1.34. The second-order valence-corrected chi connectivity index (χ2v) is 5.99. The van der Waals surface area contributed by atoms with Gasteiger partial charge in [0.05, 0.1) is 37.1 Å². The largest absolute Gasteiger partial charge is 0.465 e. The first kappa shape index (κ1) is 16.7. The third-order valence-corrected chi connectivity index (χ3v) is 3.97. The maximum atomic E-state index is 12.6. The molecular formula is C16H24N2O4. The van der Waals surface area contributed by atoms with Crippen molar-refractivity contribution in [3.8, 4) is 0 Å². The second-order valence-electron chi connectivity index (χ2n) is 5.99. The van der Waals surface area contributed by atoms with E-state index in [1.807, 2.05) is 13.8 Å². The van der Waals surface area contributed by atoms with E-state index in [0.717, 1.165) is 13.1 Å². The Labute approximate surface area is 130 Å². The van der Waals surface area contributed by atoms with E-state index in [2.05, 4.69) is 9.88 Å². The number of nitrogens with zero attached hydrogens (tertiary/aromatic N) is 1. The number of hydrogen-bond acceptors (Lipinski definition) is 5. The lowest BCUT2D eigenvalue weighted by atomic mass is 10.1. The Kier molecular flexibility index (Phi) is 5.03. The zero-order valence-electron chi connectivity index (χ0n) is 13.9. The van der Waals surface area contributed by atoms with Crippen LogP contribution in [0, 0.1) is 13.8 Å². The summed E-state index contributed by atoms with van der Waals surface area (Å²) in [5.41, 5.74) is 2.26. The number of carbonyl (C=O) groups excluding carboxylic acids is 2. The second kappa shape index (κ2) is 6.62. The van der Waals surface area contributed by atoms with E-state index in [9.17, 15) is 9.59 Å². The Balaban J connectivity index is 2.15. The number of nitrogens with one attached hydrogen (secondary N) is 1. The molecule has 6 heteroatoms. The number of H-pyrrole nitrogens is 1. The summed E-state index contributed by atoms with van der Waals surface area (Å²) < 4.78 is 10.4. The number of esters is 1. The number of morpholine rings is 1. The molecule has 22 heavy (non-hydrogen) atoms. The number of carbonyl (C=O) groups is 2. The molecule has 0 radical (unpaired) electrons. The molecule has 1 aromatic rings. The first-order chi connectivity index (χ1) is 10.3. The summed E-state index contributed by atoms with van der Waals surface area (Å²) in [6.07, 6.45) is 0.238. The molecule has 1 aromatic heterocycles. The van der Waals surface area contributed by atoms with Crippen molar-refractivity contribution in [3.05, 3.63) is 22.5 Å². The number of rotatable bonds is 4. The van der Waals surface area contributed by atoms with Crippen LogP contribution in [-0.2, 0) is 9.47 Å². The highest BCUT2D eigenvalue weighted by Crippen LogP contribution is 2.20. The van der Waals surface area contributed by atoms with Gasteiger partial charge in [-0.05, 0) is 33.3 Å². The van der Waals surface area contributed by atoms with E-state index in [1.54, 1.807) is 13.8 Å². The van der Waals surface area contributed by atoms with Crippen molar-refractivity contribution in [3.63, 3.8) is 0 Å². The summed E-state index contributed by atoms with van der Waals surface area (Å²) in [6.45, 7) is 9.35. The summed E-state index contributed by atoms with van der Waals surface area (Å²) in [5.74, 6) is -0.434. The molecule has 6 nitrogen and oxygen atoms in total. The summed E-state index contributed by atoms with van der Waals surface area (Å²) >= 11 is 0. The predicted octanol–water partition coefficient (Wildman–Crippen LogP) is 1.71. The summed E-state index contributed by atoms with van der Waals surface area (Å²) in [4.78, 5) is 29.5. The molecule has 1 aliphatic rings. The lowest BCUT2D eigenvalue weighted by Gasteiger charge is -2.34. The van der Waals surface area contributed by atoms with Crippen molar-refractivity contribution in [2.24, 2.45) is 0 Å². The van der Waals surface area contributed by atoms with Crippen LogP contribution in [0.3, 0.4) is 0 Å². The van der Waals surface area contributed by atoms with Gasteiger partial charge in [0.1, 0.15) is 0 Å². The molecule has 1 saturated heterocycles. The van der Waals surface area contributed by atoms with Crippen LogP contribution in [-0.4, -0.2) is 60.6 Å². The van der Waals surface area contributed by atoms with E-state index in [1.165, 1.54) is 7.11 Å². The lowest BCUT2D eigenvalue weighted by Crippen LogP contribution is -2.47. The topological polar surface area (TPSA) is 71.6 Å². The molecule has 0 amide bonds. The molecule has 0 aromatic carbocycles. The number of ether oxygens (including phenoxy) is 2. The predicted molar refractivity (Wildman–Crippen MR) is 82.4 cm³/mol. The van der Waals surface area contributed by atoms with Crippen LogP contribution in [0.15, 0.2) is 0 Å². The van der Waals surface area contributed by atoms with Crippen LogP contribution in [0.2, 0.25) is 0 Å². The average Bonchev–Trinajstić information content (AvgIpc) is 2.72. The van der Waals surface area contributed by atoms with Crippen LogP contribution < -0.4 is 0 Å². The fourth-order valence-corrected chi connectivity index (χ4v) is 3.13. The minimum atomic E-state index is -0.418. The SMILES string of the molecule is COC(=O)c1c(C)[nH]c(C(=O)CN2C[C@H](C)O[C@@H](C)C2)c1C. The minimum Gasteiger partial charge on any atom is -0.465 e. The van der Waals surface area contributed by atoms with Crippen molar-refractivity contribution in [2.45, 2.75) is 39.9 Å². The number of aromatic amines is 1. The Bertz CT molecular complexity index is 569. The monoisotopic (exact) mass is 308 g/mol. The van der Waals surface area contributed by atoms with Gasteiger partial charge in [-0.25, -0.2) is 4.79 Å². The normalized spacial score (nSPS) is 22.6. The quantitative estimate of drug-likeness (QED) is 0.677. The molecule has 122 valence electrons. The van der Waals surface area contributed by atoms with Crippen LogP contribution in [0.4, 0.5) is 0 Å². The summed E-state index contributed by atoms with van der Waals surface area (Å²) in [5, 5.41) is 0. The Hall–Kier alpha value is -1.66. The maximum Gasteiger partial charge on any atom is 0.339 e. The number of Topliss-reactive ketones (excluding diaryl/α,β-unsaturated/α-hetero) is 1. The molecule has 1 fully saturated rings. The van der Waals surface area contributed by atoms with Crippen molar-refractivity contribution in [2.75, 3.05) is 26.7 Å². The molecule has 1 N–H and O–H groups in total. The van der Waals surface area contributed by atoms with E-state index in [4.69, 9.17) is 9.47 Å². The van der Waals surface area contributed by atoms with Crippen LogP contribution >= 0.6 is 0 Å². The molecule has 0 unspecified atom stereocenters. The van der Waals surface area contributed by atoms with Gasteiger partial charge in [-0.2, -0.15) is 0 Å². The van der Waals surface area contributed by atoms with Crippen molar-refractivity contribution >= 4 is 11.8 Å². The standard InChI is InChI=1S/C16H24N2O4/c1-9-6-18(7-10(2)22-9)8-13(19)15-11(3)14(12(4)17-15)16(20)21-5/h9-10,17H,6-8H2,1-5H3/t9-,10-/m0/s1. The molecule has 2 rings (SSSR count). The molecule has 0 aliphatic carbocycles. The van der Waals surface area contributed by atoms with Crippen LogP contribution in [0.5, 0.6) is 0 Å². The Morgan fingerprint density at radius 1 is 1.27 bits per heavy atom. The van der Waals surface area contributed by atoms with E-state index in [0.29, 0.717) is 29.1 Å². The highest BCUT2D eigenvalue weighted by atomic mass is 16.5. The summed E-state index contributed by atoms with van der Waals surface area (Å²) in [6, 6.07) is 0. The first-order valence-electron chi connectivity index (χ1n) is 7.52. The Morgan fingerprint density at radius 3 is 2.41 bits per heavy atom. The van der Waals surface area contributed by atoms with E-state index >= 15 is 0 Å². The van der Waals surface area contributed by atoms with Crippen molar-refractivity contribution in [1.82, 2.24) is 9.88 Å². The number of aryl methyl sites for hydroxylation is 1. The fraction of sp³-hybridized carbons (Fsp3) is 0.625. The van der Waals surface area contributed by atoms with Crippen molar-refractivity contribution < 1.29 is 19.1 Å². The Morgan fingerprint density at radius 2 is 1.86 bits per heavy atom. The minimum absolute atomic E-state index is 0.0166. The zero-order chi connectivity index (χ0) is 16.4. The van der Waals surface area contributed by atoms with Gasteiger partial charge in [-0.1, -0.05) is 0 Å². The smallest absolute Gasteiger partial charge is 0.339 e. The maximum absolute atomic E-state index is 12.6. The fourth-order valence-electron chi connectivity index (χ4n) is 3.13. The average molecular weight is 308 g/mol. The molecule has 0 bridgehead atoms. The van der Waals surface area contributed by atoms with Gasteiger partial charge in [0.15, 0.2) is 5.78 Å². The van der Waals surface area contributed by atoms with Crippen LogP contribution in [0.1, 0.15) is 46.0 Å². The molecule has 0 saturated carbocycles. The molecule has 2 atom stereocenters. The number of methoxy groups -OCH3 is 1. The van der Waals surface area contributed by atoms with Gasteiger partial charge in [-0.3, -0.25) is 9.69 Å². The van der Waals surface area contributed by atoms with Gasteiger partial charge < -0.3 is 14.5 Å². The highest BCUT2D eigenvalue weighted by Gasteiger charge is 2.27. The number of ketones is 1. The van der Waals surface area contributed by atoms with Gasteiger partial charge in [0.25, 0.3) is 0 Å². The van der Waals surface area contributed by atoms with Gasteiger partial charge in [-0.15, -0.1) is 0 Å². The molecule has 2 heterocycles. The van der Waals surface area contributed by atoms with Gasteiger partial charge >= 0.3 is 5.97 Å². The first-order valence-corrected chi connectivity index (χ1v) is 7.52. The molecular weight excluding hydrogens is 284 g/mol. The third kappa shape index (κ3) is 3.39. The molecule has 1 aliphatic heterocycles. The zero-order valence-corrected chi connectivity index (χ0v) is 13.9. The van der Waals surface area contributed by atoms with E-state index < -0.39 is 5.97 Å². The highest BCUT2D eigenvalue weighted by molar-refractivity contribution is 6.02. The van der Waals surface area contributed by atoms with Crippen LogP contribution in [0.25, 0.3) is 0 Å². The van der Waals surface area contributed by atoms with Crippen molar-refractivity contribution in [1.29, 1.82) is 0 Å². The lowest BCUT2D eigenvalue weighted by molar-refractivity contribution is -0.0652. The third-order valence-electron chi connectivity index (χ3n) is 3.97. The van der Waals surface area contributed by atoms with Gasteiger partial charge in [0.2, 0.25) is 0 Å². The van der Waals surface area contributed by atoms with Gasteiger partial charge in [0, 0.05) is 18.8 Å².